The predicted octanol–water partition coefficient (Wildman–Crippen LogP) is 0.919. The minimum atomic E-state index is -1.19. The zero-order valence-corrected chi connectivity index (χ0v) is 9.47. The molecule has 0 radical (unpaired) electrons. The highest BCUT2D eigenvalue weighted by Crippen LogP contribution is 2.27. The van der Waals surface area contributed by atoms with Gasteiger partial charge < -0.3 is 15.3 Å². The van der Waals surface area contributed by atoms with Gasteiger partial charge in [-0.3, -0.25) is 4.79 Å². The van der Waals surface area contributed by atoms with Crippen LogP contribution in [0.4, 0.5) is 0 Å². The van der Waals surface area contributed by atoms with E-state index >= 15 is 0 Å². The second-order valence-corrected chi connectivity index (χ2v) is 3.87. The first-order valence-electron chi connectivity index (χ1n) is 4.85. The molecule has 0 spiro atoms. The van der Waals surface area contributed by atoms with Crippen LogP contribution < -0.4 is 0 Å². The molecule has 0 fully saturated rings. The molecule has 0 saturated carbocycles. The molecule has 1 aromatic carbocycles. The number of aromatic hydroxyl groups is 1. The van der Waals surface area contributed by atoms with Crippen molar-refractivity contribution in [2.24, 2.45) is 0 Å². The van der Waals surface area contributed by atoms with Crippen molar-refractivity contribution >= 4 is 18.9 Å². The van der Waals surface area contributed by atoms with Gasteiger partial charge in [-0.15, -0.1) is 0 Å². The number of carbonyl (C=O) groups is 1. The predicted molar refractivity (Wildman–Crippen MR) is 62.9 cm³/mol. The normalized spacial score (nSPS) is 14.4. The smallest absolute Gasteiger partial charge is 0.154 e. The van der Waals surface area contributed by atoms with Crippen LogP contribution in [-0.2, 0) is 0 Å². The van der Waals surface area contributed by atoms with E-state index in [2.05, 4.69) is 12.6 Å². The largest absolute Gasteiger partial charge is 0.507 e. The Morgan fingerprint density at radius 1 is 1.38 bits per heavy atom. The topological polar surface area (TPSA) is 77.8 Å². The van der Waals surface area contributed by atoms with E-state index in [0.29, 0.717) is 18.5 Å². The lowest BCUT2D eigenvalue weighted by Gasteiger charge is -2.19. The van der Waals surface area contributed by atoms with Crippen molar-refractivity contribution in [3.05, 3.63) is 29.3 Å². The molecule has 0 aliphatic heterocycles. The Bertz CT molecular complexity index is 367. The molecule has 88 valence electrons. The maximum atomic E-state index is 10.8. The molecule has 4 nitrogen and oxygen atoms in total. The van der Waals surface area contributed by atoms with Crippen LogP contribution >= 0.6 is 12.6 Å². The highest BCUT2D eigenvalue weighted by atomic mass is 32.1. The molecule has 0 amide bonds. The highest BCUT2D eigenvalue weighted by Gasteiger charge is 2.21. The molecule has 1 aromatic rings. The van der Waals surface area contributed by atoms with E-state index in [1.54, 1.807) is 0 Å². The van der Waals surface area contributed by atoms with Crippen LogP contribution in [0.25, 0.3) is 0 Å². The van der Waals surface area contributed by atoms with E-state index < -0.39 is 12.2 Å². The van der Waals surface area contributed by atoms with Crippen LogP contribution in [-0.4, -0.2) is 33.5 Å². The third-order valence-corrected chi connectivity index (χ3v) is 2.60. The number of hydrogen-bond donors (Lipinski definition) is 4. The van der Waals surface area contributed by atoms with Crippen molar-refractivity contribution in [1.29, 1.82) is 0 Å². The number of carbonyl (C=O) groups excluding carboxylic acids is 1. The summed E-state index contributed by atoms with van der Waals surface area (Å²) >= 11 is 3.95. The van der Waals surface area contributed by atoms with Gasteiger partial charge in [-0.05, 0) is 23.8 Å². The number of aldehydes is 1. The lowest BCUT2D eigenvalue weighted by atomic mass is 9.97. The van der Waals surface area contributed by atoms with E-state index in [1.807, 2.05) is 0 Å². The van der Waals surface area contributed by atoms with Gasteiger partial charge in [0.1, 0.15) is 11.9 Å². The number of phenolic OH excluding ortho intramolecular Hbond substituents is 1. The number of hydrogen-bond acceptors (Lipinski definition) is 5. The first kappa shape index (κ1) is 13.0. The average molecular weight is 242 g/mol. The Labute approximate surface area is 99.0 Å². The van der Waals surface area contributed by atoms with Gasteiger partial charge in [0, 0.05) is 0 Å². The van der Waals surface area contributed by atoms with Crippen LogP contribution in [0, 0.1) is 0 Å². The number of thiol groups is 1. The minimum absolute atomic E-state index is 0.00761. The number of rotatable bonds is 5. The molecule has 2 unspecified atom stereocenters. The molecule has 16 heavy (non-hydrogen) atoms. The Hall–Kier alpha value is -1.04. The monoisotopic (exact) mass is 242 g/mol. The van der Waals surface area contributed by atoms with Gasteiger partial charge in [0.25, 0.3) is 0 Å². The molecular weight excluding hydrogens is 228 g/mol. The van der Waals surface area contributed by atoms with Gasteiger partial charge in [0.15, 0.2) is 6.29 Å². The SMILES string of the molecule is O=Cc1c(O)cccc1C(O)C(O)CCS. The van der Waals surface area contributed by atoms with Gasteiger partial charge in [-0.1, -0.05) is 12.1 Å². The summed E-state index contributed by atoms with van der Waals surface area (Å²) in [5.74, 6) is 0.220. The first-order chi connectivity index (χ1) is 7.61. The fourth-order valence-electron chi connectivity index (χ4n) is 1.45. The summed E-state index contributed by atoms with van der Waals surface area (Å²) in [5, 5.41) is 28.8. The maximum absolute atomic E-state index is 10.8. The Morgan fingerprint density at radius 3 is 2.62 bits per heavy atom. The zero-order valence-electron chi connectivity index (χ0n) is 8.58. The average Bonchev–Trinajstić information content (AvgIpc) is 2.28. The van der Waals surface area contributed by atoms with Crippen LogP contribution in [0.2, 0.25) is 0 Å². The fraction of sp³-hybridized carbons (Fsp3) is 0.364. The third kappa shape index (κ3) is 2.75. The van der Waals surface area contributed by atoms with E-state index in [-0.39, 0.29) is 16.9 Å². The number of aliphatic hydroxyl groups excluding tert-OH is 2. The Morgan fingerprint density at radius 2 is 2.06 bits per heavy atom. The second kappa shape index (κ2) is 5.89. The summed E-state index contributed by atoms with van der Waals surface area (Å²) in [5.41, 5.74) is 0.234. The maximum Gasteiger partial charge on any atom is 0.154 e. The Balaban J connectivity index is 3.03. The molecular formula is C11H14O4S. The summed E-state index contributed by atoms with van der Waals surface area (Å²) in [6.07, 6.45) is -1.43. The Kier molecular flexibility index (Phi) is 4.79. The standard InChI is InChI=1S/C11H14O4S/c12-6-8-7(2-1-3-9(8)13)11(15)10(14)4-5-16/h1-3,6,10-11,13-16H,4-5H2. The fourth-order valence-corrected chi connectivity index (χ4v) is 1.72. The van der Waals surface area contributed by atoms with Gasteiger partial charge in [0.2, 0.25) is 0 Å². The summed E-state index contributed by atoms with van der Waals surface area (Å²) < 4.78 is 0. The molecule has 0 bridgehead atoms. The summed E-state index contributed by atoms with van der Waals surface area (Å²) in [6.45, 7) is 0. The number of phenols is 1. The van der Waals surface area contributed by atoms with Gasteiger partial charge >= 0.3 is 0 Å². The van der Waals surface area contributed by atoms with Gasteiger partial charge in [-0.2, -0.15) is 12.6 Å². The second-order valence-electron chi connectivity index (χ2n) is 3.42. The molecule has 0 heterocycles. The minimum Gasteiger partial charge on any atom is -0.507 e. The van der Waals surface area contributed by atoms with Crippen molar-refractivity contribution in [2.45, 2.75) is 18.6 Å². The number of aliphatic hydroxyl groups is 2. The van der Waals surface area contributed by atoms with Crippen molar-refractivity contribution in [3.63, 3.8) is 0 Å². The van der Waals surface area contributed by atoms with Crippen molar-refractivity contribution in [1.82, 2.24) is 0 Å². The molecule has 0 aliphatic rings. The lowest BCUT2D eigenvalue weighted by molar-refractivity contribution is 0.0168. The van der Waals surface area contributed by atoms with Crippen molar-refractivity contribution < 1.29 is 20.1 Å². The molecule has 1 rings (SSSR count). The van der Waals surface area contributed by atoms with E-state index in [0.717, 1.165) is 0 Å². The molecule has 0 saturated heterocycles. The first-order valence-corrected chi connectivity index (χ1v) is 5.49. The van der Waals surface area contributed by atoms with Crippen LogP contribution in [0.3, 0.4) is 0 Å². The molecule has 5 heteroatoms. The molecule has 0 aromatic heterocycles. The summed E-state index contributed by atoms with van der Waals surface area (Å²) in [4.78, 5) is 10.8. The van der Waals surface area contributed by atoms with E-state index in [4.69, 9.17) is 0 Å². The van der Waals surface area contributed by atoms with Crippen LogP contribution in [0.5, 0.6) is 5.75 Å². The van der Waals surface area contributed by atoms with Crippen molar-refractivity contribution in [3.8, 4) is 5.75 Å². The van der Waals surface area contributed by atoms with Gasteiger partial charge in [-0.25, -0.2) is 0 Å². The quantitative estimate of drug-likeness (QED) is 0.457. The van der Waals surface area contributed by atoms with E-state index in [9.17, 15) is 20.1 Å². The van der Waals surface area contributed by atoms with Crippen LogP contribution in [0.15, 0.2) is 18.2 Å². The molecule has 0 aliphatic carbocycles. The van der Waals surface area contributed by atoms with Crippen molar-refractivity contribution in [2.75, 3.05) is 5.75 Å². The number of benzene rings is 1. The summed E-state index contributed by atoms with van der Waals surface area (Å²) in [7, 11) is 0. The van der Waals surface area contributed by atoms with Crippen LogP contribution in [0.1, 0.15) is 28.4 Å². The van der Waals surface area contributed by atoms with E-state index in [1.165, 1.54) is 18.2 Å². The highest BCUT2D eigenvalue weighted by molar-refractivity contribution is 7.80. The zero-order chi connectivity index (χ0) is 12.1. The summed E-state index contributed by atoms with van der Waals surface area (Å²) in [6, 6.07) is 4.36. The van der Waals surface area contributed by atoms with Gasteiger partial charge in [0.05, 0.1) is 11.7 Å². The third-order valence-electron chi connectivity index (χ3n) is 2.34. The lowest BCUT2D eigenvalue weighted by Crippen LogP contribution is -2.20. The molecule has 3 N–H and O–H groups in total. The molecule has 2 atom stereocenters.